The molecule has 3 amide bonds. The van der Waals surface area contributed by atoms with Crippen LogP contribution in [0.4, 0.5) is 0 Å². The van der Waals surface area contributed by atoms with Crippen LogP contribution in [0.5, 0.6) is 0 Å². The van der Waals surface area contributed by atoms with Crippen LogP contribution in [0.2, 0.25) is 0 Å². The number of unbranched alkanes of at least 4 members (excludes halogenated alkanes) is 3. The Labute approximate surface area is 196 Å². The summed E-state index contributed by atoms with van der Waals surface area (Å²) in [6.45, 7) is 8.23. The van der Waals surface area contributed by atoms with Crippen molar-refractivity contribution in [1.82, 2.24) is 10.2 Å². The Kier molecular flexibility index (Phi) is 8.32. The fraction of sp³-hybridized carbons (Fsp3) is 0.519. The molecule has 0 bridgehead atoms. The van der Waals surface area contributed by atoms with Crippen LogP contribution in [-0.2, 0) is 14.4 Å². The summed E-state index contributed by atoms with van der Waals surface area (Å²) in [5.41, 5.74) is 2.39. The highest BCUT2D eigenvalue weighted by molar-refractivity contribution is 6.02. The zero-order valence-electron chi connectivity index (χ0n) is 20.1. The number of piperidine rings is 1. The number of hydrogen-bond donors (Lipinski definition) is 1. The molecule has 2 heterocycles. The number of nitrogens with one attached hydrogen (secondary N) is 1. The average molecular weight is 451 g/mol. The van der Waals surface area contributed by atoms with Gasteiger partial charge in [-0.15, -0.1) is 0 Å². The summed E-state index contributed by atoms with van der Waals surface area (Å²) in [6, 6.07) is 6.20. The monoisotopic (exact) mass is 450 g/mol. The highest BCUT2D eigenvalue weighted by atomic mass is 16.3. The van der Waals surface area contributed by atoms with Crippen LogP contribution in [-0.4, -0.2) is 34.7 Å². The molecular weight excluding hydrogens is 416 g/mol. The minimum Gasteiger partial charge on any atom is -0.464 e. The molecule has 0 aliphatic carbocycles. The molecule has 1 aliphatic heterocycles. The third kappa shape index (κ3) is 6.25. The van der Waals surface area contributed by atoms with E-state index < -0.39 is 0 Å². The molecule has 1 aromatic heterocycles. The van der Waals surface area contributed by atoms with Crippen LogP contribution in [0, 0.1) is 11.8 Å². The van der Waals surface area contributed by atoms with Crippen LogP contribution < -0.4 is 5.32 Å². The van der Waals surface area contributed by atoms with Gasteiger partial charge in [-0.25, -0.2) is 0 Å². The molecule has 1 aliphatic rings. The van der Waals surface area contributed by atoms with Gasteiger partial charge in [-0.3, -0.25) is 19.7 Å². The molecule has 1 unspecified atom stereocenters. The van der Waals surface area contributed by atoms with E-state index in [1.165, 1.54) is 0 Å². The Morgan fingerprint density at radius 2 is 1.91 bits per heavy atom. The predicted octanol–water partition coefficient (Wildman–Crippen LogP) is 4.90. The van der Waals surface area contributed by atoms with Crippen molar-refractivity contribution in [3.63, 3.8) is 0 Å². The van der Waals surface area contributed by atoms with Crippen molar-refractivity contribution >= 4 is 28.7 Å². The summed E-state index contributed by atoms with van der Waals surface area (Å²) in [5, 5.41) is 3.28. The van der Waals surface area contributed by atoms with Gasteiger partial charge < -0.3 is 9.32 Å². The first kappa shape index (κ1) is 24.6. The number of fused-ring (bicyclic) bond motifs is 1. The smallest absolute Gasteiger partial charge is 0.234 e. The molecule has 6 heteroatoms. The number of imide groups is 1. The summed E-state index contributed by atoms with van der Waals surface area (Å²) in [5.74, 6) is 5.78. The molecule has 0 saturated carbocycles. The molecule has 1 atom stereocenters. The topological polar surface area (TPSA) is 79.6 Å². The second-order valence-corrected chi connectivity index (χ2v) is 9.26. The lowest BCUT2D eigenvalue weighted by Crippen LogP contribution is -2.41. The normalized spacial score (nSPS) is 16.1. The summed E-state index contributed by atoms with van der Waals surface area (Å²) in [7, 11) is 0. The van der Waals surface area contributed by atoms with Gasteiger partial charge in [0.1, 0.15) is 5.58 Å². The zero-order chi connectivity index (χ0) is 24.0. The summed E-state index contributed by atoms with van der Waals surface area (Å²) in [4.78, 5) is 38.1. The lowest BCUT2D eigenvalue weighted by atomic mass is 9.90. The first-order valence-corrected chi connectivity index (χ1v) is 11.9. The van der Waals surface area contributed by atoms with E-state index in [1.807, 2.05) is 23.1 Å². The van der Waals surface area contributed by atoms with E-state index in [0.29, 0.717) is 24.8 Å². The van der Waals surface area contributed by atoms with Crippen molar-refractivity contribution in [3.05, 3.63) is 35.6 Å². The second kappa shape index (κ2) is 11.2. The lowest BCUT2D eigenvalue weighted by molar-refractivity contribution is -0.135. The van der Waals surface area contributed by atoms with Gasteiger partial charge in [-0.1, -0.05) is 18.3 Å². The minimum atomic E-state index is -0.378. The molecule has 176 valence electrons. The molecule has 0 spiro atoms. The Morgan fingerprint density at radius 3 is 2.61 bits per heavy atom. The highest BCUT2D eigenvalue weighted by Gasteiger charge is 2.30. The van der Waals surface area contributed by atoms with Crippen LogP contribution in [0.3, 0.4) is 0 Å². The fourth-order valence-electron chi connectivity index (χ4n) is 4.52. The molecule has 1 N–H and O–H groups in total. The maximum absolute atomic E-state index is 12.4. The van der Waals surface area contributed by atoms with E-state index in [2.05, 4.69) is 44.9 Å². The van der Waals surface area contributed by atoms with Gasteiger partial charge >= 0.3 is 0 Å². The molecule has 2 aromatic rings. The largest absolute Gasteiger partial charge is 0.464 e. The van der Waals surface area contributed by atoms with E-state index in [4.69, 9.17) is 4.42 Å². The molecule has 1 fully saturated rings. The number of carbonyl (C=O) groups excluding carboxylic acids is 3. The zero-order valence-corrected chi connectivity index (χ0v) is 20.1. The molecule has 3 rings (SSSR count). The molecule has 33 heavy (non-hydrogen) atoms. The number of nitrogens with zero attached hydrogens (tertiary/aromatic N) is 1. The summed E-state index contributed by atoms with van der Waals surface area (Å²) >= 11 is 0. The van der Waals surface area contributed by atoms with Gasteiger partial charge in [-0.2, -0.15) is 0 Å². The summed E-state index contributed by atoms with van der Waals surface area (Å²) in [6.07, 6.45) is 6.62. The number of rotatable bonds is 8. The quantitative estimate of drug-likeness (QED) is 0.352. The van der Waals surface area contributed by atoms with Crippen molar-refractivity contribution in [2.24, 2.45) is 0 Å². The van der Waals surface area contributed by atoms with Gasteiger partial charge in [0.15, 0.2) is 0 Å². The van der Waals surface area contributed by atoms with Crippen LogP contribution >= 0.6 is 0 Å². The SMILES string of the molecule is CC(C)N(C(=O)CCCCCC#Cc1ccc2occ(C3CCC(=O)NC3=O)c2c1)C(C)C. The standard InChI is InChI=1S/C27H34N2O4/c1-18(2)29(19(3)4)26(31)11-9-7-5-6-8-10-20-12-14-24-22(16-20)23(17-33-24)21-13-15-25(30)28-27(21)32/h12,14,16-19,21H,5-7,9,11,13,15H2,1-4H3,(H,28,30,32). The average Bonchev–Trinajstić information content (AvgIpc) is 3.15. The van der Waals surface area contributed by atoms with Crippen molar-refractivity contribution in [1.29, 1.82) is 0 Å². The van der Waals surface area contributed by atoms with Crippen molar-refractivity contribution < 1.29 is 18.8 Å². The van der Waals surface area contributed by atoms with Gasteiger partial charge in [0.25, 0.3) is 0 Å². The van der Waals surface area contributed by atoms with Gasteiger partial charge in [0, 0.05) is 47.9 Å². The maximum Gasteiger partial charge on any atom is 0.234 e. The number of hydrogen-bond acceptors (Lipinski definition) is 4. The molecule has 6 nitrogen and oxygen atoms in total. The van der Waals surface area contributed by atoms with Gasteiger partial charge in [0.2, 0.25) is 17.7 Å². The van der Waals surface area contributed by atoms with Gasteiger partial charge in [0.05, 0.1) is 12.2 Å². The Bertz CT molecular complexity index is 1060. The number of carbonyl (C=O) groups is 3. The first-order valence-electron chi connectivity index (χ1n) is 11.9. The Hall–Kier alpha value is -3.07. The minimum absolute atomic E-state index is 0.225. The number of furan rings is 1. The van der Waals surface area contributed by atoms with E-state index in [9.17, 15) is 14.4 Å². The Morgan fingerprint density at radius 1 is 1.15 bits per heavy atom. The molecule has 1 aromatic carbocycles. The molecule has 1 saturated heterocycles. The fourth-order valence-corrected chi connectivity index (χ4v) is 4.52. The lowest BCUT2D eigenvalue weighted by Gasteiger charge is -2.30. The molecule has 0 radical (unpaired) electrons. The molecular formula is C27H34N2O4. The third-order valence-electron chi connectivity index (χ3n) is 6.04. The number of amides is 3. The van der Waals surface area contributed by atoms with Crippen molar-refractivity contribution in [2.75, 3.05) is 0 Å². The van der Waals surface area contributed by atoms with E-state index in [-0.39, 0.29) is 35.7 Å². The number of benzene rings is 1. The highest BCUT2D eigenvalue weighted by Crippen LogP contribution is 2.32. The third-order valence-corrected chi connectivity index (χ3v) is 6.04. The van der Waals surface area contributed by atoms with E-state index in [0.717, 1.165) is 42.2 Å². The van der Waals surface area contributed by atoms with Crippen molar-refractivity contribution in [2.45, 2.75) is 90.6 Å². The second-order valence-electron chi connectivity index (χ2n) is 9.26. The predicted molar refractivity (Wildman–Crippen MR) is 128 cm³/mol. The van der Waals surface area contributed by atoms with E-state index in [1.54, 1.807) is 6.26 Å². The maximum atomic E-state index is 12.4. The van der Waals surface area contributed by atoms with E-state index >= 15 is 0 Å². The van der Waals surface area contributed by atoms with Crippen LogP contribution in [0.1, 0.15) is 89.7 Å². The first-order chi connectivity index (χ1) is 15.8. The van der Waals surface area contributed by atoms with Crippen LogP contribution in [0.25, 0.3) is 11.0 Å². The summed E-state index contributed by atoms with van der Waals surface area (Å²) < 4.78 is 5.62. The van der Waals surface area contributed by atoms with Crippen molar-refractivity contribution in [3.8, 4) is 11.8 Å². The van der Waals surface area contributed by atoms with Crippen LogP contribution in [0.15, 0.2) is 28.9 Å². The Balaban J connectivity index is 1.52. The van der Waals surface area contributed by atoms with Gasteiger partial charge in [-0.05, 0) is 65.2 Å².